The van der Waals surface area contributed by atoms with Gasteiger partial charge in [0.1, 0.15) is 4.92 Å². The molecule has 9 heteroatoms. The van der Waals surface area contributed by atoms with Crippen LogP contribution in [-0.2, 0) is 0 Å². The first kappa shape index (κ1) is 14.5. The molecule has 0 fully saturated rings. The van der Waals surface area contributed by atoms with Gasteiger partial charge in [0.2, 0.25) is 5.76 Å². The Bertz CT molecular complexity index is 695. The van der Waals surface area contributed by atoms with E-state index in [0.29, 0.717) is 5.02 Å². The minimum Gasteiger partial charge on any atom is -0.395 e. The molecule has 1 aromatic heterocycles. The maximum absolute atomic E-state index is 11.7. The average Bonchev–Trinajstić information content (AvgIpc) is 2.95. The first-order valence-corrected chi connectivity index (χ1v) is 5.95. The highest BCUT2D eigenvalue weighted by atomic mass is 35.5. The highest BCUT2D eigenvalue weighted by Crippen LogP contribution is 2.15. The summed E-state index contributed by atoms with van der Waals surface area (Å²) in [7, 11) is 0. The third kappa shape index (κ3) is 3.57. The Morgan fingerprint density at radius 2 is 1.67 bits per heavy atom. The molecule has 2 amide bonds. The van der Waals surface area contributed by atoms with Crippen molar-refractivity contribution >= 4 is 29.3 Å². The van der Waals surface area contributed by atoms with Gasteiger partial charge >= 0.3 is 11.8 Å². The van der Waals surface area contributed by atoms with Crippen LogP contribution in [-0.4, -0.2) is 16.7 Å². The fourth-order valence-corrected chi connectivity index (χ4v) is 1.52. The van der Waals surface area contributed by atoms with Crippen LogP contribution in [0.25, 0.3) is 0 Å². The van der Waals surface area contributed by atoms with Crippen molar-refractivity contribution in [3.05, 3.63) is 62.9 Å². The smallest absolute Gasteiger partial charge is 0.395 e. The summed E-state index contributed by atoms with van der Waals surface area (Å²) in [6.07, 6.45) is 0. The quantitative estimate of drug-likeness (QED) is 0.664. The molecule has 0 saturated heterocycles. The Morgan fingerprint density at radius 3 is 2.24 bits per heavy atom. The molecule has 0 atom stereocenters. The molecule has 0 aliphatic rings. The lowest BCUT2D eigenvalue weighted by atomic mass is 10.2. The van der Waals surface area contributed by atoms with E-state index < -0.39 is 22.6 Å². The predicted octanol–water partition coefficient (Wildman–Crippen LogP) is 1.92. The van der Waals surface area contributed by atoms with Gasteiger partial charge in [0, 0.05) is 10.6 Å². The van der Waals surface area contributed by atoms with Gasteiger partial charge in [0.05, 0.1) is 6.07 Å². The van der Waals surface area contributed by atoms with Crippen molar-refractivity contribution in [2.45, 2.75) is 0 Å². The predicted molar refractivity (Wildman–Crippen MR) is 71.7 cm³/mol. The van der Waals surface area contributed by atoms with Gasteiger partial charge in [-0.25, -0.2) is 0 Å². The van der Waals surface area contributed by atoms with E-state index in [1.807, 2.05) is 0 Å². The number of carbonyl (C=O) groups is 2. The van der Waals surface area contributed by atoms with Gasteiger partial charge < -0.3 is 4.42 Å². The number of hydrogen-bond acceptors (Lipinski definition) is 5. The molecule has 108 valence electrons. The van der Waals surface area contributed by atoms with Gasteiger partial charge in [-0.2, -0.15) is 0 Å². The van der Waals surface area contributed by atoms with Gasteiger partial charge in [0.25, 0.3) is 5.91 Å². The van der Waals surface area contributed by atoms with Gasteiger partial charge in [0.15, 0.2) is 0 Å². The zero-order chi connectivity index (χ0) is 15.4. The monoisotopic (exact) mass is 309 g/mol. The maximum atomic E-state index is 11.7. The van der Waals surface area contributed by atoms with Gasteiger partial charge in [-0.1, -0.05) is 11.6 Å². The van der Waals surface area contributed by atoms with E-state index in [1.54, 1.807) is 0 Å². The fraction of sp³-hybridized carbons (Fsp3) is 0. The number of nitrogens with one attached hydrogen (secondary N) is 2. The van der Waals surface area contributed by atoms with E-state index >= 15 is 0 Å². The van der Waals surface area contributed by atoms with E-state index in [9.17, 15) is 19.7 Å². The Kier molecular flexibility index (Phi) is 4.19. The molecule has 2 rings (SSSR count). The summed E-state index contributed by atoms with van der Waals surface area (Å²) in [5.74, 6) is -2.24. The number of rotatable bonds is 3. The van der Waals surface area contributed by atoms with Crippen LogP contribution in [0, 0.1) is 10.1 Å². The number of furan rings is 1. The molecule has 0 saturated carbocycles. The van der Waals surface area contributed by atoms with E-state index in [0.717, 1.165) is 12.1 Å². The summed E-state index contributed by atoms with van der Waals surface area (Å²) >= 11 is 5.68. The van der Waals surface area contributed by atoms with Crippen LogP contribution in [0.15, 0.2) is 40.8 Å². The van der Waals surface area contributed by atoms with E-state index in [-0.39, 0.29) is 11.3 Å². The second kappa shape index (κ2) is 6.06. The summed E-state index contributed by atoms with van der Waals surface area (Å²) in [5.41, 5.74) is 4.50. The third-order valence-corrected chi connectivity index (χ3v) is 2.64. The van der Waals surface area contributed by atoms with Crippen molar-refractivity contribution in [2.24, 2.45) is 0 Å². The van der Waals surface area contributed by atoms with Crippen LogP contribution in [0.1, 0.15) is 20.9 Å². The second-order valence-electron chi connectivity index (χ2n) is 3.81. The van der Waals surface area contributed by atoms with Gasteiger partial charge in [-0.15, -0.1) is 0 Å². The SMILES string of the molecule is O=C(NNC(=O)c1ccc([N+](=O)[O-])o1)c1ccc(Cl)cc1. The summed E-state index contributed by atoms with van der Waals surface area (Å²) in [4.78, 5) is 32.9. The van der Waals surface area contributed by atoms with Crippen LogP contribution >= 0.6 is 11.6 Å². The van der Waals surface area contributed by atoms with E-state index in [2.05, 4.69) is 15.3 Å². The molecular weight excluding hydrogens is 302 g/mol. The van der Waals surface area contributed by atoms with Gasteiger partial charge in [-0.05, 0) is 30.3 Å². The van der Waals surface area contributed by atoms with Crippen LogP contribution in [0.2, 0.25) is 5.02 Å². The molecule has 1 aromatic carbocycles. The first-order chi connectivity index (χ1) is 9.97. The number of amides is 2. The number of halogens is 1. The molecule has 0 spiro atoms. The zero-order valence-electron chi connectivity index (χ0n) is 10.3. The largest absolute Gasteiger partial charge is 0.433 e. The minimum atomic E-state index is -0.814. The van der Waals surface area contributed by atoms with Crippen LogP contribution in [0.5, 0.6) is 0 Å². The fourth-order valence-electron chi connectivity index (χ4n) is 1.40. The zero-order valence-corrected chi connectivity index (χ0v) is 11.1. The number of nitrogens with zero attached hydrogens (tertiary/aromatic N) is 1. The Morgan fingerprint density at radius 1 is 1.05 bits per heavy atom. The summed E-state index contributed by atoms with van der Waals surface area (Å²) in [6, 6.07) is 8.16. The molecule has 0 aliphatic heterocycles. The molecule has 0 aliphatic carbocycles. The normalized spacial score (nSPS) is 9.95. The lowest BCUT2D eigenvalue weighted by Gasteiger charge is -2.05. The Balaban J connectivity index is 1.95. The first-order valence-electron chi connectivity index (χ1n) is 5.58. The lowest BCUT2D eigenvalue weighted by Crippen LogP contribution is -2.41. The maximum Gasteiger partial charge on any atom is 0.433 e. The summed E-state index contributed by atoms with van der Waals surface area (Å²) < 4.78 is 4.68. The van der Waals surface area contributed by atoms with E-state index in [1.165, 1.54) is 24.3 Å². The molecule has 0 unspecified atom stereocenters. The number of nitro groups is 1. The lowest BCUT2D eigenvalue weighted by molar-refractivity contribution is -0.402. The number of hydrogen-bond donors (Lipinski definition) is 2. The Hall–Kier alpha value is -2.87. The number of benzene rings is 1. The molecule has 21 heavy (non-hydrogen) atoms. The molecule has 2 aromatic rings. The molecule has 0 radical (unpaired) electrons. The summed E-state index contributed by atoms with van der Waals surface area (Å²) in [6.45, 7) is 0. The third-order valence-electron chi connectivity index (χ3n) is 2.39. The molecule has 1 heterocycles. The highest BCUT2D eigenvalue weighted by molar-refractivity contribution is 6.30. The van der Waals surface area contributed by atoms with Crippen molar-refractivity contribution in [1.82, 2.24) is 10.9 Å². The highest BCUT2D eigenvalue weighted by Gasteiger charge is 2.17. The second-order valence-corrected chi connectivity index (χ2v) is 4.25. The van der Waals surface area contributed by atoms with Crippen molar-refractivity contribution < 1.29 is 18.9 Å². The van der Waals surface area contributed by atoms with Crippen molar-refractivity contribution in [3.8, 4) is 0 Å². The van der Waals surface area contributed by atoms with Crippen molar-refractivity contribution in [1.29, 1.82) is 0 Å². The number of carbonyl (C=O) groups excluding carboxylic acids is 2. The molecule has 0 bridgehead atoms. The van der Waals surface area contributed by atoms with Crippen molar-refractivity contribution in [3.63, 3.8) is 0 Å². The van der Waals surface area contributed by atoms with E-state index in [4.69, 9.17) is 11.6 Å². The molecule has 2 N–H and O–H groups in total. The topological polar surface area (TPSA) is 114 Å². The Labute approximate surface area is 122 Å². The molecular formula is C12H8ClN3O5. The molecule has 8 nitrogen and oxygen atoms in total. The van der Waals surface area contributed by atoms with Gasteiger partial charge in [-0.3, -0.25) is 30.6 Å². The van der Waals surface area contributed by atoms with Crippen LogP contribution in [0.4, 0.5) is 5.88 Å². The number of hydrazine groups is 1. The standard InChI is InChI=1S/C12H8ClN3O5/c13-8-3-1-7(2-4-8)11(17)14-15-12(18)9-5-6-10(21-9)16(19)20/h1-6H,(H,14,17)(H,15,18). The minimum absolute atomic E-state index is 0.283. The summed E-state index contributed by atoms with van der Waals surface area (Å²) in [5, 5.41) is 10.9. The van der Waals surface area contributed by atoms with Crippen LogP contribution in [0.3, 0.4) is 0 Å². The average molecular weight is 310 g/mol. The van der Waals surface area contributed by atoms with Crippen LogP contribution < -0.4 is 10.9 Å². The van der Waals surface area contributed by atoms with Crippen molar-refractivity contribution in [2.75, 3.05) is 0 Å².